The molecule has 0 aliphatic carbocycles. The van der Waals surface area contributed by atoms with Crippen molar-refractivity contribution in [3.8, 4) is 0 Å². The Hall–Kier alpha value is -2.70. The number of hydrogen-bond donors (Lipinski definition) is 1. The second-order valence-corrected chi connectivity index (χ2v) is 11.5. The van der Waals surface area contributed by atoms with Crippen molar-refractivity contribution in [1.29, 1.82) is 0 Å². The first-order chi connectivity index (χ1) is 17.5. The number of thioether (sulfide) groups is 1. The third-order valence-electron chi connectivity index (χ3n) is 6.32. The molecular formula is C30H34N2O2S2. The number of amides is 2. The van der Waals surface area contributed by atoms with Crippen molar-refractivity contribution in [1.82, 2.24) is 5.32 Å². The van der Waals surface area contributed by atoms with Crippen LogP contribution in [0, 0.1) is 13.8 Å². The van der Waals surface area contributed by atoms with Crippen LogP contribution in [0.5, 0.6) is 0 Å². The Morgan fingerprint density at radius 2 is 1.78 bits per heavy atom. The molecule has 0 atom stereocenters. The summed E-state index contributed by atoms with van der Waals surface area (Å²) in [7, 11) is 0. The van der Waals surface area contributed by atoms with Gasteiger partial charge in [0.15, 0.2) is 0 Å². The first kappa shape index (κ1) is 26.4. The molecule has 1 N–H and O–H groups in total. The summed E-state index contributed by atoms with van der Waals surface area (Å²) in [5, 5.41) is 3.06. The third-order valence-corrected chi connectivity index (χ3v) is 8.62. The van der Waals surface area contributed by atoms with Crippen LogP contribution < -0.4 is 10.2 Å². The van der Waals surface area contributed by atoms with Crippen molar-refractivity contribution >= 4 is 41.0 Å². The van der Waals surface area contributed by atoms with E-state index in [1.165, 1.54) is 18.6 Å². The van der Waals surface area contributed by atoms with Gasteiger partial charge in [-0.05, 0) is 79.7 Å². The Labute approximate surface area is 223 Å². The lowest BCUT2D eigenvalue weighted by atomic mass is 10.0. The molecule has 0 saturated heterocycles. The van der Waals surface area contributed by atoms with E-state index in [4.69, 9.17) is 0 Å². The van der Waals surface area contributed by atoms with Crippen molar-refractivity contribution in [3.63, 3.8) is 0 Å². The number of rotatable bonds is 10. The van der Waals surface area contributed by atoms with E-state index in [1.54, 1.807) is 11.8 Å². The highest BCUT2D eigenvalue weighted by molar-refractivity contribution is 7.99. The molecule has 4 nitrogen and oxygen atoms in total. The molecule has 0 fully saturated rings. The molecule has 188 valence electrons. The van der Waals surface area contributed by atoms with Crippen LogP contribution in [-0.4, -0.2) is 29.9 Å². The van der Waals surface area contributed by atoms with Gasteiger partial charge in [-0.15, -0.1) is 0 Å². The molecule has 3 aromatic rings. The van der Waals surface area contributed by atoms with E-state index in [2.05, 4.69) is 44.3 Å². The van der Waals surface area contributed by atoms with Crippen LogP contribution >= 0.6 is 23.5 Å². The fourth-order valence-corrected chi connectivity index (χ4v) is 6.29. The third kappa shape index (κ3) is 6.34. The predicted molar refractivity (Wildman–Crippen MR) is 153 cm³/mol. The van der Waals surface area contributed by atoms with Gasteiger partial charge in [0.05, 0.1) is 17.8 Å². The van der Waals surface area contributed by atoms with Gasteiger partial charge < -0.3 is 10.2 Å². The maximum atomic E-state index is 13.8. The van der Waals surface area contributed by atoms with E-state index >= 15 is 0 Å². The zero-order chi connectivity index (χ0) is 25.5. The quantitative estimate of drug-likeness (QED) is 0.287. The second kappa shape index (κ2) is 12.5. The Balaban J connectivity index is 1.59. The molecule has 0 saturated carbocycles. The number of nitrogens with zero attached hydrogens (tertiary/aromatic N) is 1. The molecule has 0 aromatic heterocycles. The number of nitrogens with one attached hydrogen (secondary N) is 1. The average Bonchev–Trinajstić information content (AvgIpc) is 2.99. The van der Waals surface area contributed by atoms with Gasteiger partial charge in [0, 0.05) is 21.9 Å². The van der Waals surface area contributed by atoms with Crippen LogP contribution in [0.2, 0.25) is 0 Å². The zero-order valence-electron chi connectivity index (χ0n) is 21.3. The largest absolute Gasteiger partial charge is 0.352 e. The number of unbranched alkanes of at least 4 members (excludes halogenated alkanes) is 1. The SMILES string of the molecule is CCCCSCCCNC(=O)c1ccc2c(c1)N(Cc1cc(C)ccc1C)C(=O)c1ccccc1S2. The molecule has 0 bridgehead atoms. The molecule has 1 aliphatic heterocycles. The lowest BCUT2D eigenvalue weighted by molar-refractivity contribution is 0.0950. The maximum Gasteiger partial charge on any atom is 0.259 e. The van der Waals surface area contributed by atoms with E-state index in [1.807, 2.05) is 59.1 Å². The van der Waals surface area contributed by atoms with Crippen LogP contribution in [0.1, 0.15) is 63.6 Å². The fraction of sp³-hybridized carbons (Fsp3) is 0.333. The number of hydrogen-bond acceptors (Lipinski definition) is 4. The standard InChI is InChI=1S/C30H34N2O2S2/c1-4-5-16-35-17-8-15-31-29(33)23-13-14-28-26(19-23)32(20-24-18-21(2)11-12-22(24)3)30(34)25-9-6-7-10-27(25)36-28/h6-7,9-14,18-19H,4-5,8,15-17,20H2,1-3H3,(H,31,33). The van der Waals surface area contributed by atoms with Gasteiger partial charge in [-0.25, -0.2) is 0 Å². The minimum atomic E-state index is -0.0951. The number of aryl methyl sites for hydroxylation is 2. The van der Waals surface area contributed by atoms with Crippen molar-refractivity contribution in [3.05, 3.63) is 88.5 Å². The molecule has 0 radical (unpaired) electrons. The molecule has 4 rings (SSSR count). The Morgan fingerprint density at radius 3 is 2.61 bits per heavy atom. The lowest BCUT2D eigenvalue weighted by Gasteiger charge is -2.25. The first-order valence-corrected chi connectivity index (χ1v) is 14.6. The molecule has 6 heteroatoms. The summed E-state index contributed by atoms with van der Waals surface area (Å²) in [5.41, 5.74) is 5.46. The molecule has 1 heterocycles. The predicted octanol–water partition coefficient (Wildman–Crippen LogP) is 7.27. The van der Waals surface area contributed by atoms with Gasteiger partial charge >= 0.3 is 0 Å². The van der Waals surface area contributed by atoms with Crippen LogP contribution in [0.15, 0.2) is 70.5 Å². The van der Waals surface area contributed by atoms with E-state index < -0.39 is 0 Å². The van der Waals surface area contributed by atoms with Gasteiger partial charge in [0.1, 0.15) is 0 Å². The summed E-state index contributed by atoms with van der Waals surface area (Å²) in [6, 6.07) is 19.8. The Morgan fingerprint density at radius 1 is 0.972 bits per heavy atom. The summed E-state index contributed by atoms with van der Waals surface area (Å²) < 4.78 is 0. The van der Waals surface area contributed by atoms with Crippen LogP contribution in [-0.2, 0) is 6.54 Å². The summed E-state index contributed by atoms with van der Waals surface area (Å²) in [6.45, 7) is 7.45. The Kier molecular flexibility index (Phi) is 9.16. The smallest absolute Gasteiger partial charge is 0.259 e. The Bertz CT molecular complexity index is 1240. The summed E-state index contributed by atoms with van der Waals surface area (Å²) in [5.74, 6) is 2.10. The topological polar surface area (TPSA) is 49.4 Å². The van der Waals surface area contributed by atoms with Crippen LogP contribution in [0.3, 0.4) is 0 Å². The lowest BCUT2D eigenvalue weighted by Crippen LogP contribution is -2.31. The van der Waals surface area contributed by atoms with Crippen molar-refractivity contribution in [2.75, 3.05) is 23.0 Å². The normalized spacial score (nSPS) is 12.6. The number of carbonyl (C=O) groups excluding carboxylic acids is 2. The average molecular weight is 519 g/mol. The van der Waals surface area contributed by atoms with Crippen LogP contribution in [0.4, 0.5) is 5.69 Å². The summed E-state index contributed by atoms with van der Waals surface area (Å²) >= 11 is 3.53. The molecule has 0 spiro atoms. The van der Waals surface area contributed by atoms with Gasteiger partial charge in [-0.1, -0.05) is 61.0 Å². The molecule has 2 amide bonds. The highest BCUT2D eigenvalue weighted by Crippen LogP contribution is 2.42. The van der Waals surface area contributed by atoms with Gasteiger partial charge in [0.25, 0.3) is 11.8 Å². The number of anilines is 1. The molecular weight excluding hydrogens is 484 g/mol. The summed E-state index contributed by atoms with van der Waals surface area (Å²) in [4.78, 5) is 30.5. The minimum absolute atomic E-state index is 0.0422. The van der Waals surface area contributed by atoms with Crippen molar-refractivity contribution in [2.45, 2.75) is 56.4 Å². The monoisotopic (exact) mass is 518 g/mol. The minimum Gasteiger partial charge on any atom is -0.352 e. The van der Waals surface area contributed by atoms with E-state index in [0.29, 0.717) is 24.2 Å². The zero-order valence-corrected chi connectivity index (χ0v) is 22.9. The van der Waals surface area contributed by atoms with Crippen LogP contribution in [0.25, 0.3) is 0 Å². The van der Waals surface area contributed by atoms with Gasteiger partial charge in [-0.3, -0.25) is 9.59 Å². The fourth-order valence-electron chi connectivity index (χ4n) is 4.19. The van der Waals surface area contributed by atoms with Crippen molar-refractivity contribution < 1.29 is 9.59 Å². The number of fused-ring (bicyclic) bond motifs is 2. The summed E-state index contributed by atoms with van der Waals surface area (Å²) in [6.07, 6.45) is 3.41. The maximum absolute atomic E-state index is 13.8. The van der Waals surface area contributed by atoms with Gasteiger partial charge in [-0.2, -0.15) is 11.8 Å². The van der Waals surface area contributed by atoms with E-state index in [9.17, 15) is 9.59 Å². The van der Waals surface area contributed by atoms with E-state index in [0.717, 1.165) is 44.3 Å². The molecule has 0 unspecified atom stereocenters. The van der Waals surface area contributed by atoms with Gasteiger partial charge in [0.2, 0.25) is 0 Å². The molecule has 36 heavy (non-hydrogen) atoms. The van der Waals surface area contributed by atoms with Crippen molar-refractivity contribution in [2.24, 2.45) is 0 Å². The molecule has 1 aliphatic rings. The molecule has 3 aromatic carbocycles. The number of carbonyl (C=O) groups is 2. The van der Waals surface area contributed by atoms with E-state index in [-0.39, 0.29) is 11.8 Å². The number of benzene rings is 3. The second-order valence-electron chi connectivity index (χ2n) is 9.18. The highest BCUT2D eigenvalue weighted by Gasteiger charge is 2.28. The highest BCUT2D eigenvalue weighted by atomic mass is 32.2. The first-order valence-electron chi connectivity index (χ1n) is 12.6.